The number of nitrogens with one attached hydrogen (secondary N) is 2. The molecule has 1 aliphatic heterocycles. The predicted molar refractivity (Wildman–Crippen MR) is 84.6 cm³/mol. The summed E-state index contributed by atoms with van der Waals surface area (Å²) >= 11 is 0. The monoisotopic (exact) mass is 333 g/mol. The van der Waals surface area contributed by atoms with Gasteiger partial charge in [0.25, 0.3) is 0 Å². The van der Waals surface area contributed by atoms with Crippen LogP contribution in [0.4, 0.5) is 4.39 Å². The zero-order chi connectivity index (χ0) is 16.9. The third-order valence-electron chi connectivity index (χ3n) is 4.26. The van der Waals surface area contributed by atoms with E-state index in [1.165, 1.54) is 6.07 Å². The van der Waals surface area contributed by atoms with Crippen LogP contribution in [0.15, 0.2) is 30.5 Å². The average molecular weight is 333 g/mol. The van der Waals surface area contributed by atoms with Gasteiger partial charge in [-0.1, -0.05) is 18.2 Å². The second-order valence-electron chi connectivity index (χ2n) is 5.84. The van der Waals surface area contributed by atoms with E-state index in [2.05, 4.69) is 20.7 Å². The van der Waals surface area contributed by atoms with Gasteiger partial charge in [0, 0.05) is 38.2 Å². The number of nitrogens with zero attached hydrogens (tertiary/aromatic N) is 3. The number of carbonyl (C=O) groups is 1. The van der Waals surface area contributed by atoms with Gasteiger partial charge in [-0.3, -0.25) is 9.69 Å². The maximum Gasteiger partial charge on any atom is 0.234 e. The predicted octanol–water partition coefficient (Wildman–Crippen LogP) is 0.674. The zero-order valence-corrected chi connectivity index (χ0v) is 13.4. The van der Waals surface area contributed by atoms with Crippen molar-refractivity contribution < 1.29 is 13.9 Å². The Balaban J connectivity index is 1.52. The fourth-order valence-corrected chi connectivity index (χ4v) is 2.99. The van der Waals surface area contributed by atoms with Crippen molar-refractivity contribution in [3.63, 3.8) is 0 Å². The second kappa shape index (κ2) is 7.50. The highest BCUT2D eigenvalue weighted by atomic mass is 19.1. The Labute approximate surface area is 139 Å². The van der Waals surface area contributed by atoms with E-state index in [0.29, 0.717) is 18.7 Å². The molecule has 0 radical (unpaired) electrons. The van der Waals surface area contributed by atoms with Crippen LogP contribution < -0.4 is 5.32 Å². The summed E-state index contributed by atoms with van der Waals surface area (Å²) in [5, 5.41) is 13.3. The van der Waals surface area contributed by atoms with Crippen LogP contribution in [-0.2, 0) is 16.1 Å². The molecule has 1 amide bonds. The molecule has 24 heavy (non-hydrogen) atoms. The number of rotatable bonds is 6. The summed E-state index contributed by atoms with van der Waals surface area (Å²) in [6.07, 6.45) is 1.65. The number of ether oxygens (including phenoxy) is 1. The molecule has 128 valence electrons. The van der Waals surface area contributed by atoms with Gasteiger partial charge in [-0.15, -0.1) is 0 Å². The lowest BCUT2D eigenvalue weighted by molar-refractivity contribution is -0.122. The summed E-state index contributed by atoms with van der Waals surface area (Å²) in [4.78, 5) is 14.1. The maximum absolute atomic E-state index is 13.6. The molecule has 0 saturated carbocycles. The molecule has 0 unspecified atom stereocenters. The summed E-state index contributed by atoms with van der Waals surface area (Å²) in [5.74, 6) is -0.383. The minimum absolute atomic E-state index is 0.0329. The van der Waals surface area contributed by atoms with Gasteiger partial charge in [0.1, 0.15) is 5.82 Å². The molecular formula is C16H20FN5O2. The lowest BCUT2D eigenvalue weighted by Gasteiger charge is -2.15. The number of aromatic nitrogens is 3. The van der Waals surface area contributed by atoms with Crippen LogP contribution >= 0.6 is 0 Å². The molecule has 0 spiro atoms. The summed E-state index contributed by atoms with van der Waals surface area (Å²) in [6, 6.07) is 6.41. The molecule has 8 heteroatoms. The largest absolute Gasteiger partial charge is 0.379 e. The topological polar surface area (TPSA) is 83.1 Å². The van der Waals surface area contributed by atoms with Gasteiger partial charge in [-0.2, -0.15) is 15.4 Å². The average Bonchev–Trinajstić information content (AvgIpc) is 3.23. The summed E-state index contributed by atoms with van der Waals surface area (Å²) in [6.45, 7) is 1.72. The molecular weight excluding hydrogens is 313 g/mol. The van der Waals surface area contributed by atoms with Crippen molar-refractivity contribution in [2.24, 2.45) is 0 Å². The first-order chi connectivity index (χ1) is 11.7. The number of amides is 1. The van der Waals surface area contributed by atoms with Crippen LogP contribution in [0.2, 0.25) is 0 Å². The van der Waals surface area contributed by atoms with Gasteiger partial charge in [-0.25, -0.2) is 4.39 Å². The molecule has 1 aromatic heterocycles. The van der Waals surface area contributed by atoms with E-state index in [-0.39, 0.29) is 36.8 Å². The normalized spacial score (nSPS) is 21.1. The van der Waals surface area contributed by atoms with Crippen LogP contribution in [0.3, 0.4) is 0 Å². The molecule has 1 fully saturated rings. The Bertz CT molecular complexity index is 679. The van der Waals surface area contributed by atoms with Gasteiger partial charge in [0.15, 0.2) is 0 Å². The Morgan fingerprint density at radius 1 is 1.46 bits per heavy atom. The van der Waals surface area contributed by atoms with Crippen molar-refractivity contribution >= 4 is 5.91 Å². The first-order valence-corrected chi connectivity index (χ1v) is 7.78. The molecule has 2 aromatic rings. The highest BCUT2D eigenvalue weighted by Gasteiger charge is 2.36. The molecule has 3 rings (SSSR count). The van der Waals surface area contributed by atoms with Crippen LogP contribution in [0, 0.1) is 5.82 Å². The molecule has 1 saturated heterocycles. The molecule has 2 atom stereocenters. The lowest BCUT2D eigenvalue weighted by atomic mass is 10.0. The minimum atomic E-state index is -0.315. The smallest absolute Gasteiger partial charge is 0.234 e. The number of hydrogen-bond acceptors (Lipinski definition) is 5. The summed E-state index contributed by atoms with van der Waals surface area (Å²) in [7, 11) is 1.65. The standard InChI is InChI=1S/C16H20FN5O2/c1-24-15-9-22(8-12(15)14-7-19-21-20-14)10-16(23)18-6-11-4-2-3-5-13(11)17/h2-5,7,12,15H,6,8-10H2,1H3,(H,18,23)(H,19,20,21)/t12-,15+/m0/s1. The number of benzene rings is 1. The van der Waals surface area contributed by atoms with Gasteiger partial charge in [-0.05, 0) is 6.07 Å². The van der Waals surface area contributed by atoms with E-state index < -0.39 is 0 Å². The molecule has 0 bridgehead atoms. The van der Waals surface area contributed by atoms with E-state index in [0.717, 1.165) is 5.69 Å². The molecule has 0 aliphatic carbocycles. The summed E-state index contributed by atoms with van der Waals surface area (Å²) < 4.78 is 19.1. The van der Waals surface area contributed by atoms with Gasteiger partial charge >= 0.3 is 0 Å². The van der Waals surface area contributed by atoms with E-state index in [4.69, 9.17) is 4.74 Å². The van der Waals surface area contributed by atoms with E-state index in [1.807, 2.05) is 4.90 Å². The number of halogens is 1. The van der Waals surface area contributed by atoms with E-state index in [1.54, 1.807) is 31.5 Å². The van der Waals surface area contributed by atoms with Gasteiger partial charge in [0.05, 0.1) is 24.5 Å². The highest BCUT2D eigenvalue weighted by molar-refractivity contribution is 5.78. The molecule has 1 aliphatic rings. The first kappa shape index (κ1) is 16.5. The lowest BCUT2D eigenvalue weighted by Crippen LogP contribution is -2.36. The molecule has 2 N–H and O–H groups in total. The van der Waals surface area contributed by atoms with Crippen molar-refractivity contribution in [3.05, 3.63) is 47.5 Å². The van der Waals surface area contributed by atoms with Crippen LogP contribution in [0.25, 0.3) is 0 Å². The van der Waals surface area contributed by atoms with E-state index in [9.17, 15) is 9.18 Å². The Morgan fingerprint density at radius 3 is 3.00 bits per heavy atom. The number of carbonyl (C=O) groups excluding carboxylic acids is 1. The first-order valence-electron chi connectivity index (χ1n) is 7.78. The Hall–Kier alpha value is -2.32. The van der Waals surface area contributed by atoms with Crippen LogP contribution in [0.1, 0.15) is 17.2 Å². The number of hydrogen-bond donors (Lipinski definition) is 2. The third kappa shape index (κ3) is 3.77. The maximum atomic E-state index is 13.6. The number of H-pyrrole nitrogens is 1. The van der Waals surface area contributed by atoms with Crippen molar-refractivity contribution in [2.75, 3.05) is 26.7 Å². The molecule has 7 nitrogen and oxygen atoms in total. The van der Waals surface area contributed by atoms with E-state index >= 15 is 0 Å². The SMILES string of the molecule is CO[C@@H]1CN(CC(=O)NCc2ccccc2F)C[C@H]1c1cn[nH]n1. The van der Waals surface area contributed by atoms with Crippen LogP contribution in [-0.4, -0.2) is 59.1 Å². The number of methoxy groups -OCH3 is 1. The quantitative estimate of drug-likeness (QED) is 0.812. The zero-order valence-electron chi connectivity index (χ0n) is 13.4. The number of likely N-dealkylation sites (tertiary alicyclic amines) is 1. The Kier molecular flexibility index (Phi) is 5.17. The van der Waals surface area contributed by atoms with Crippen molar-refractivity contribution in [1.29, 1.82) is 0 Å². The minimum Gasteiger partial charge on any atom is -0.379 e. The Morgan fingerprint density at radius 2 is 2.29 bits per heavy atom. The number of aromatic amines is 1. The third-order valence-corrected chi connectivity index (χ3v) is 4.26. The van der Waals surface area contributed by atoms with Crippen LogP contribution in [0.5, 0.6) is 0 Å². The van der Waals surface area contributed by atoms with Gasteiger partial charge in [0.2, 0.25) is 5.91 Å². The van der Waals surface area contributed by atoms with Crippen molar-refractivity contribution in [3.8, 4) is 0 Å². The highest BCUT2D eigenvalue weighted by Crippen LogP contribution is 2.27. The van der Waals surface area contributed by atoms with Crippen molar-refractivity contribution in [2.45, 2.75) is 18.6 Å². The summed E-state index contributed by atoms with van der Waals surface area (Å²) in [5.41, 5.74) is 1.30. The fourth-order valence-electron chi connectivity index (χ4n) is 2.99. The van der Waals surface area contributed by atoms with Crippen molar-refractivity contribution in [1.82, 2.24) is 25.6 Å². The van der Waals surface area contributed by atoms with Gasteiger partial charge < -0.3 is 10.1 Å². The molecule has 1 aromatic carbocycles. The fraction of sp³-hybridized carbons (Fsp3) is 0.438. The molecule has 2 heterocycles. The second-order valence-corrected chi connectivity index (χ2v) is 5.84.